The number of piperidine rings is 1. The van der Waals surface area contributed by atoms with Gasteiger partial charge in [-0.1, -0.05) is 30.7 Å². The van der Waals surface area contributed by atoms with E-state index in [1.807, 2.05) is 12.1 Å². The summed E-state index contributed by atoms with van der Waals surface area (Å²) in [5, 5.41) is 0. The van der Waals surface area contributed by atoms with Gasteiger partial charge in [0, 0.05) is 25.2 Å². The molecule has 2 fully saturated rings. The average molecular weight is 364 g/mol. The standard InChI is InChI=1S/C23H28N2O2/c26-23(21-3-1-4-21)25-13-10-19(11-14-25)15-18-6-8-20(9-7-18)17-27-22-5-2-12-24-16-22/h2,5-9,12,16,19,21H,1,3-4,10-11,13-15,17H2. The molecule has 1 aliphatic carbocycles. The third-order valence-electron chi connectivity index (χ3n) is 5.97. The molecule has 0 bridgehead atoms. The number of carbonyl (C=O) groups excluding carboxylic acids is 1. The lowest BCUT2D eigenvalue weighted by molar-refractivity contribution is -0.139. The van der Waals surface area contributed by atoms with Gasteiger partial charge in [-0.15, -0.1) is 0 Å². The van der Waals surface area contributed by atoms with Crippen LogP contribution >= 0.6 is 0 Å². The summed E-state index contributed by atoms with van der Waals surface area (Å²) in [5.41, 5.74) is 2.55. The molecule has 0 unspecified atom stereocenters. The molecule has 4 heteroatoms. The van der Waals surface area contributed by atoms with Crippen molar-refractivity contribution in [2.45, 2.75) is 45.1 Å². The molecule has 1 aromatic carbocycles. The van der Waals surface area contributed by atoms with Gasteiger partial charge in [0.05, 0.1) is 6.20 Å². The van der Waals surface area contributed by atoms with Crippen molar-refractivity contribution in [1.29, 1.82) is 0 Å². The van der Waals surface area contributed by atoms with E-state index in [0.717, 1.165) is 50.9 Å². The number of benzene rings is 1. The monoisotopic (exact) mass is 364 g/mol. The fourth-order valence-electron chi connectivity index (χ4n) is 3.97. The van der Waals surface area contributed by atoms with E-state index < -0.39 is 0 Å². The molecule has 2 heterocycles. The maximum atomic E-state index is 12.4. The minimum Gasteiger partial charge on any atom is -0.487 e. The van der Waals surface area contributed by atoms with E-state index in [2.05, 4.69) is 34.1 Å². The Balaban J connectivity index is 1.22. The molecule has 1 saturated carbocycles. The van der Waals surface area contributed by atoms with Gasteiger partial charge in [-0.3, -0.25) is 9.78 Å². The molecule has 0 spiro atoms. The van der Waals surface area contributed by atoms with Crippen LogP contribution in [0.2, 0.25) is 0 Å². The first-order chi connectivity index (χ1) is 13.3. The van der Waals surface area contributed by atoms with Crippen LogP contribution in [0.15, 0.2) is 48.8 Å². The Hall–Kier alpha value is -2.36. The van der Waals surface area contributed by atoms with Crippen LogP contribution in [0.25, 0.3) is 0 Å². The summed E-state index contributed by atoms with van der Waals surface area (Å²) < 4.78 is 5.75. The molecule has 0 radical (unpaired) electrons. The SMILES string of the molecule is O=C(C1CCC1)N1CCC(Cc2ccc(COc3cccnc3)cc2)CC1. The molecule has 0 atom stereocenters. The number of carbonyl (C=O) groups is 1. The van der Waals surface area contributed by atoms with Crippen molar-refractivity contribution in [2.24, 2.45) is 11.8 Å². The van der Waals surface area contributed by atoms with Crippen LogP contribution in [0.1, 0.15) is 43.2 Å². The van der Waals surface area contributed by atoms with Gasteiger partial charge in [0.25, 0.3) is 0 Å². The van der Waals surface area contributed by atoms with Gasteiger partial charge in [-0.2, -0.15) is 0 Å². The van der Waals surface area contributed by atoms with E-state index in [1.165, 1.54) is 17.5 Å². The number of likely N-dealkylation sites (tertiary alicyclic amines) is 1. The van der Waals surface area contributed by atoms with E-state index in [9.17, 15) is 4.79 Å². The smallest absolute Gasteiger partial charge is 0.225 e. The number of rotatable bonds is 6. The third-order valence-corrected chi connectivity index (χ3v) is 5.97. The van der Waals surface area contributed by atoms with Gasteiger partial charge in [-0.25, -0.2) is 0 Å². The highest BCUT2D eigenvalue weighted by Crippen LogP contribution is 2.30. The fraction of sp³-hybridized carbons (Fsp3) is 0.478. The zero-order valence-electron chi connectivity index (χ0n) is 15.8. The molecule has 4 nitrogen and oxygen atoms in total. The third kappa shape index (κ3) is 4.68. The van der Waals surface area contributed by atoms with Gasteiger partial charge >= 0.3 is 0 Å². The molecule has 1 saturated heterocycles. The summed E-state index contributed by atoms with van der Waals surface area (Å²) in [5.74, 6) is 2.23. The number of ether oxygens (including phenoxy) is 1. The quantitative estimate of drug-likeness (QED) is 0.770. The van der Waals surface area contributed by atoms with Crippen LogP contribution in [0, 0.1) is 11.8 Å². The minimum atomic E-state index is 0.336. The van der Waals surface area contributed by atoms with Gasteiger partial charge in [-0.05, 0) is 61.3 Å². The number of aromatic nitrogens is 1. The average Bonchev–Trinajstić information content (AvgIpc) is 2.67. The normalized spacial score (nSPS) is 18.1. The number of pyridine rings is 1. The molecule has 2 aliphatic rings. The summed E-state index contributed by atoms with van der Waals surface area (Å²) in [7, 11) is 0. The van der Waals surface area contributed by atoms with E-state index in [4.69, 9.17) is 4.74 Å². The Labute approximate surface area is 161 Å². The summed E-state index contributed by atoms with van der Waals surface area (Å²) in [6, 6.07) is 12.5. The zero-order valence-corrected chi connectivity index (χ0v) is 15.8. The van der Waals surface area contributed by atoms with E-state index >= 15 is 0 Å². The first kappa shape index (κ1) is 18.0. The number of amides is 1. The first-order valence-corrected chi connectivity index (χ1v) is 10.2. The Bertz CT molecular complexity index is 733. The molecular weight excluding hydrogens is 336 g/mol. The van der Waals surface area contributed by atoms with Crippen LogP contribution in [0.4, 0.5) is 0 Å². The second kappa shape index (κ2) is 8.55. The maximum Gasteiger partial charge on any atom is 0.225 e. The summed E-state index contributed by atoms with van der Waals surface area (Å²) in [6.45, 7) is 2.45. The second-order valence-corrected chi connectivity index (χ2v) is 7.89. The largest absolute Gasteiger partial charge is 0.487 e. The van der Waals surface area contributed by atoms with Crippen molar-refractivity contribution < 1.29 is 9.53 Å². The lowest BCUT2D eigenvalue weighted by Gasteiger charge is -2.36. The van der Waals surface area contributed by atoms with E-state index in [1.54, 1.807) is 12.4 Å². The van der Waals surface area contributed by atoms with Crippen molar-refractivity contribution in [3.8, 4) is 5.75 Å². The van der Waals surface area contributed by atoms with Crippen LogP contribution < -0.4 is 4.74 Å². The highest BCUT2D eigenvalue weighted by Gasteiger charge is 2.31. The number of hydrogen-bond donors (Lipinski definition) is 0. The van der Waals surface area contributed by atoms with Gasteiger partial charge in [0.2, 0.25) is 5.91 Å². The molecule has 4 rings (SSSR count). The van der Waals surface area contributed by atoms with Crippen molar-refractivity contribution in [3.63, 3.8) is 0 Å². The molecule has 27 heavy (non-hydrogen) atoms. The summed E-state index contributed by atoms with van der Waals surface area (Å²) >= 11 is 0. The summed E-state index contributed by atoms with van der Waals surface area (Å²) in [4.78, 5) is 18.5. The van der Waals surface area contributed by atoms with Crippen molar-refractivity contribution >= 4 is 5.91 Å². The number of nitrogens with zero attached hydrogens (tertiary/aromatic N) is 2. The molecule has 2 aromatic rings. The Morgan fingerprint density at radius 3 is 2.41 bits per heavy atom. The van der Waals surface area contributed by atoms with Crippen molar-refractivity contribution in [1.82, 2.24) is 9.88 Å². The van der Waals surface area contributed by atoms with Crippen LogP contribution in [0.3, 0.4) is 0 Å². The highest BCUT2D eigenvalue weighted by atomic mass is 16.5. The summed E-state index contributed by atoms with van der Waals surface area (Å²) in [6.07, 6.45) is 10.3. The van der Waals surface area contributed by atoms with Gasteiger partial charge < -0.3 is 9.64 Å². The lowest BCUT2D eigenvalue weighted by Crippen LogP contribution is -2.43. The van der Waals surface area contributed by atoms with Crippen molar-refractivity contribution in [3.05, 3.63) is 59.9 Å². The molecular formula is C23H28N2O2. The van der Waals surface area contributed by atoms with E-state index in [-0.39, 0.29) is 0 Å². The Kier molecular flexibility index (Phi) is 5.71. The lowest BCUT2D eigenvalue weighted by atomic mass is 9.83. The minimum absolute atomic E-state index is 0.336. The molecule has 1 aliphatic heterocycles. The maximum absolute atomic E-state index is 12.4. The van der Waals surface area contributed by atoms with Crippen LogP contribution in [-0.2, 0) is 17.8 Å². The predicted octanol–water partition coefficient (Wildman–Crippen LogP) is 4.24. The van der Waals surface area contributed by atoms with E-state index in [0.29, 0.717) is 24.3 Å². The Morgan fingerprint density at radius 2 is 1.78 bits per heavy atom. The highest BCUT2D eigenvalue weighted by molar-refractivity contribution is 5.79. The van der Waals surface area contributed by atoms with Crippen molar-refractivity contribution in [2.75, 3.05) is 13.1 Å². The molecule has 1 amide bonds. The first-order valence-electron chi connectivity index (χ1n) is 10.2. The fourth-order valence-corrected chi connectivity index (χ4v) is 3.97. The van der Waals surface area contributed by atoms with Crippen LogP contribution in [0.5, 0.6) is 5.75 Å². The molecule has 1 aromatic heterocycles. The topological polar surface area (TPSA) is 42.4 Å². The van der Waals surface area contributed by atoms with Gasteiger partial charge in [0.15, 0.2) is 0 Å². The molecule has 0 N–H and O–H groups in total. The van der Waals surface area contributed by atoms with Crippen LogP contribution in [-0.4, -0.2) is 28.9 Å². The Morgan fingerprint density at radius 1 is 1.04 bits per heavy atom. The molecule has 142 valence electrons. The second-order valence-electron chi connectivity index (χ2n) is 7.89. The zero-order chi connectivity index (χ0) is 18.5. The van der Waals surface area contributed by atoms with Gasteiger partial charge in [0.1, 0.15) is 12.4 Å². The number of hydrogen-bond acceptors (Lipinski definition) is 3. The predicted molar refractivity (Wildman–Crippen MR) is 105 cm³/mol.